The normalized spacial score (nSPS) is 17.1. The van der Waals surface area contributed by atoms with Gasteiger partial charge in [0.25, 0.3) is 0 Å². The van der Waals surface area contributed by atoms with E-state index in [9.17, 15) is 21.6 Å². The average Bonchev–Trinajstić information content (AvgIpc) is 3.38. The zero-order chi connectivity index (χ0) is 23.9. The zero-order valence-electron chi connectivity index (χ0n) is 18.3. The lowest BCUT2D eigenvalue weighted by molar-refractivity contribution is -0.137. The number of halogens is 3. The van der Waals surface area contributed by atoms with Gasteiger partial charge >= 0.3 is 6.18 Å². The number of hydrogen-bond acceptors (Lipinski definition) is 5. The van der Waals surface area contributed by atoms with Crippen LogP contribution in [-0.2, 0) is 29.2 Å². The molecule has 2 aliphatic heterocycles. The summed E-state index contributed by atoms with van der Waals surface area (Å²) in [5.41, 5.74) is 1.40. The van der Waals surface area contributed by atoms with Crippen molar-refractivity contribution >= 4 is 15.8 Å². The first-order valence-electron chi connectivity index (χ1n) is 11.1. The summed E-state index contributed by atoms with van der Waals surface area (Å²) >= 11 is 0. The van der Waals surface area contributed by atoms with Gasteiger partial charge in [-0.3, -0.25) is 0 Å². The van der Waals surface area contributed by atoms with Gasteiger partial charge in [-0.2, -0.15) is 17.5 Å². The Hall–Kier alpha value is -2.98. The molecule has 10 heteroatoms. The van der Waals surface area contributed by atoms with Crippen molar-refractivity contribution in [1.82, 2.24) is 14.3 Å². The van der Waals surface area contributed by atoms with Gasteiger partial charge in [0, 0.05) is 43.7 Å². The SMILES string of the molecule is O=S(=O)(c1cccc(C(F)(F)F)c1)N1CCc2nc(-c3ccccc3)nc(N3CCCC3)c2C1. The summed E-state index contributed by atoms with van der Waals surface area (Å²) in [6, 6.07) is 13.5. The molecule has 0 N–H and O–H groups in total. The van der Waals surface area contributed by atoms with E-state index >= 15 is 0 Å². The summed E-state index contributed by atoms with van der Waals surface area (Å²) in [5.74, 6) is 1.31. The summed E-state index contributed by atoms with van der Waals surface area (Å²) in [6.07, 6.45) is -2.22. The van der Waals surface area contributed by atoms with Crippen molar-refractivity contribution in [2.75, 3.05) is 24.5 Å². The highest BCUT2D eigenvalue weighted by molar-refractivity contribution is 7.89. The highest BCUT2D eigenvalue weighted by Gasteiger charge is 2.35. The Balaban J connectivity index is 1.53. The molecule has 2 aliphatic rings. The van der Waals surface area contributed by atoms with E-state index in [0.717, 1.165) is 54.9 Å². The van der Waals surface area contributed by atoms with Crippen molar-refractivity contribution in [2.45, 2.75) is 36.9 Å². The molecule has 34 heavy (non-hydrogen) atoms. The van der Waals surface area contributed by atoms with Crippen LogP contribution in [0, 0.1) is 0 Å². The molecule has 6 nitrogen and oxygen atoms in total. The molecule has 0 radical (unpaired) electrons. The summed E-state index contributed by atoms with van der Waals surface area (Å²) in [6.45, 7) is 1.79. The Kier molecular flexibility index (Phi) is 5.81. The molecule has 178 valence electrons. The molecular weight excluding hydrogens is 465 g/mol. The third kappa shape index (κ3) is 4.27. The number of rotatable bonds is 4. The Morgan fingerprint density at radius 3 is 2.32 bits per heavy atom. The molecule has 0 atom stereocenters. The third-order valence-corrected chi connectivity index (χ3v) is 8.08. The fourth-order valence-electron chi connectivity index (χ4n) is 4.47. The van der Waals surface area contributed by atoms with Crippen LogP contribution < -0.4 is 4.90 Å². The van der Waals surface area contributed by atoms with E-state index in [-0.39, 0.29) is 18.0 Å². The molecule has 0 amide bonds. The number of alkyl halides is 3. The largest absolute Gasteiger partial charge is 0.416 e. The van der Waals surface area contributed by atoms with Crippen LogP contribution in [0.25, 0.3) is 11.4 Å². The van der Waals surface area contributed by atoms with E-state index in [1.165, 1.54) is 10.4 Å². The number of anilines is 1. The molecule has 0 bridgehead atoms. The molecule has 1 fully saturated rings. The maximum Gasteiger partial charge on any atom is 0.416 e. The van der Waals surface area contributed by atoms with Crippen LogP contribution in [0.2, 0.25) is 0 Å². The quantitative estimate of drug-likeness (QED) is 0.541. The molecule has 0 spiro atoms. The molecule has 5 rings (SSSR count). The van der Waals surface area contributed by atoms with Gasteiger partial charge in [-0.05, 0) is 31.0 Å². The highest BCUT2D eigenvalue weighted by Crippen LogP contribution is 2.35. The Labute approximate surface area is 196 Å². The fourth-order valence-corrected chi connectivity index (χ4v) is 5.92. The fraction of sp³-hybridized carbons (Fsp3) is 0.333. The second-order valence-corrected chi connectivity index (χ2v) is 10.4. The standard InChI is InChI=1S/C24H23F3N4O2S/c25-24(26,27)18-9-6-10-19(15-18)34(32,33)31-14-11-21-20(16-31)23(30-12-4-5-13-30)29-22(28-21)17-7-2-1-3-8-17/h1-3,6-10,15H,4-5,11-14,16H2. The van der Waals surface area contributed by atoms with Gasteiger partial charge in [-0.1, -0.05) is 36.4 Å². The number of aromatic nitrogens is 2. The lowest BCUT2D eigenvalue weighted by atomic mass is 10.1. The maximum atomic E-state index is 13.3. The molecule has 3 aromatic rings. The predicted molar refractivity (Wildman–Crippen MR) is 122 cm³/mol. The number of nitrogens with zero attached hydrogens (tertiary/aromatic N) is 4. The minimum Gasteiger partial charge on any atom is -0.356 e. The van der Waals surface area contributed by atoms with E-state index in [0.29, 0.717) is 24.1 Å². The van der Waals surface area contributed by atoms with E-state index in [1.807, 2.05) is 30.3 Å². The lowest BCUT2D eigenvalue weighted by Gasteiger charge is -2.31. The summed E-state index contributed by atoms with van der Waals surface area (Å²) in [5, 5.41) is 0. The first-order valence-corrected chi connectivity index (χ1v) is 12.5. The van der Waals surface area contributed by atoms with E-state index in [4.69, 9.17) is 9.97 Å². The molecule has 3 heterocycles. The summed E-state index contributed by atoms with van der Waals surface area (Å²) < 4.78 is 67.3. The Bertz CT molecular complexity index is 1310. The lowest BCUT2D eigenvalue weighted by Crippen LogP contribution is -2.38. The Morgan fingerprint density at radius 2 is 1.62 bits per heavy atom. The van der Waals surface area contributed by atoms with Crippen molar-refractivity contribution in [2.24, 2.45) is 0 Å². The van der Waals surface area contributed by atoms with Gasteiger partial charge in [-0.15, -0.1) is 0 Å². The average molecular weight is 489 g/mol. The van der Waals surface area contributed by atoms with Gasteiger partial charge in [0.05, 0.1) is 16.2 Å². The summed E-state index contributed by atoms with van der Waals surface area (Å²) in [7, 11) is -4.13. The van der Waals surface area contributed by atoms with Gasteiger partial charge in [0.1, 0.15) is 5.82 Å². The van der Waals surface area contributed by atoms with Gasteiger partial charge in [-0.25, -0.2) is 18.4 Å². The predicted octanol–water partition coefficient (Wildman–Crippen LogP) is 4.51. The van der Waals surface area contributed by atoms with Gasteiger partial charge in [0.15, 0.2) is 5.82 Å². The number of hydrogen-bond donors (Lipinski definition) is 0. The maximum absolute atomic E-state index is 13.3. The van der Waals surface area contributed by atoms with Crippen molar-refractivity contribution in [1.29, 1.82) is 0 Å². The number of fused-ring (bicyclic) bond motifs is 1. The van der Waals surface area contributed by atoms with Gasteiger partial charge in [0.2, 0.25) is 10.0 Å². The van der Waals surface area contributed by atoms with Crippen molar-refractivity contribution in [3.8, 4) is 11.4 Å². The molecule has 0 unspecified atom stereocenters. The van der Waals surface area contributed by atoms with Crippen molar-refractivity contribution < 1.29 is 21.6 Å². The van der Waals surface area contributed by atoms with E-state index in [1.54, 1.807) is 0 Å². The van der Waals surface area contributed by atoms with Crippen LogP contribution in [-0.4, -0.2) is 42.3 Å². The monoisotopic (exact) mass is 488 g/mol. The molecule has 2 aromatic carbocycles. The minimum absolute atomic E-state index is 0.0226. The van der Waals surface area contributed by atoms with Crippen LogP contribution >= 0.6 is 0 Å². The second kappa shape index (κ2) is 8.66. The molecule has 0 aliphatic carbocycles. The first kappa shape index (κ1) is 22.8. The van der Waals surface area contributed by atoms with Crippen LogP contribution in [0.5, 0.6) is 0 Å². The van der Waals surface area contributed by atoms with Crippen LogP contribution in [0.15, 0.2) is 59.5 Å². The molecular formula is C24H23F3N4O2S. The zero-order valence-corrected chi connectivity index (χ0v) is 19.1. The van der Waals surface area contributed by atoms with Crippen LogP contribution in [0.3, 0.4) is 0 Å². The highest BCUT2D eigenvalue weighted by atomic mass is 32.2. The minimum atomic E-state index is -4.62. The summed E-state index contributed by atoms with van der Waals surface area (Å²) in [4.78, 5) is 11.3. The van der Waals surface area contributed by atoms with Crippen molar-refractivity contribution in [3.63, 3.8) is 0 Å². The van der Waals surface area contributed by atoms with Crippen LogP contribution in [0.4, 0.5) is 19.0 Å². The second-order valence-electron chi connectivity index (χ2n) is 8.47. The van der Waals surface area contributed by atoms with E-state index in [2.05, 4.69) is 4.90 Å². The first-order chi connectivity index (χ1) is 16.2. The molecule has 1 aromatic heterocycles. The van der Waals surface area contributed by atoms with Crippen molar-refractivity contribution in [3.05, 3.63) is 71.4 Å². The number of sulfonamides is 1. The smallest absolute Gasteiger partial charge is 0.356 e. The number of benzene rings is 2. The van der Waals surface area contributed by atoms with Gasteiger partial charge < -0.3 is 4.90 Å². The molecule has 0 saturated carbocycles. The van der Waals surface area contributed by atoms with E-state index < -0.39 is 21.8 Å². The third-order valence-electron chi connectivity index (χ3n) is 6.24. The topological polar surface area (TPSA) is 66.4 Å². The Morgan fingerprint density at radius 1 is 0.882 bits per heavy atom. The van der Waals surface area contributed by atoms with Crippen LogP contribution in [0.1, 0.15) is 29.7 Å². The molecule has 1 saturated heterocycles.